The molecule has 0 unspecified atom stereocenters. The van der Waals surface area contributed by atoms with E-state index in [-0.39, 0.29) is 18.1 Å². The molecule has 9 heteroatoms. The normalized spacial score (nSPS) is 15.6. The van der Waals surface area contributed by atoms with Crippen LogP contribution >= 0.6 is 15.9 Å². The Bertz CT molecular complexity index is 917. The van der Waals surface area contributed by atoms with Gasteiger partial charge in [0.2, 0.25) is 15.9 Å². The lowest BCUT2D eigenvalue weighted by molar-refractivity contribution is 0.377. The number of rotatable bonds is 3. The summed E-state index contributed by atoms with van der Waals surface area (Å²) in [5.41, 5.74) is 1.68. The Balaban J connectivity index is 1.86. The maximum atomic E-state index is 12.6. The van der Waals surface area contributed by atoms with E-state index >= 15 is 0 Å². The lowest BCUT2D eigenvalue weighted by Crippen LogP contribution is -2.39. The molecule has 0 aliphatic carbocycles. The van der Waals surface area contributed by atoms with Gasteiger partial charge in [0.15, 0.2) is 0 Å². The van der Waals surface area contributed by atoms with Gasteiger partial charge in [0, 0.05) is 17.6 Å². The van der Waals surface area contributed by atoms with Crippen LogP contribution in [0.1, 0.15) is 16.8 Å². The fourth-order valence-electron chi connectivity index (χ4n) is 2.68. The van der Waals surface area contributed by atoms with Crippen molar-refractivity contribution >= 4 is 26.0 Å². The maximum Gasteiger partial charge on any atom is 0.329 e. The summed E-state index contributed by atoms with van der Waals surface area (Å²) in [6, 6.07) is 5.76. The van der Waals surface area contributed by atoms with Crippen LogP contribution in [0.25, 0.3) is 0 Å². The molecule has 0 saturated heterocycles. The minimum atomic E-state index is -3.72. The van der Waals surface area contributed by atoms with Crippen LogP contribution < -0.4 is 5.69 Å². The molecule has 1 aromatic heterocycles. The third-order valence-corrected chi connectivity index (χ3v) is 6.14. The predicted molar refractivity (Wildman–Crippen MR) is 88.6 cm³/mol. The topological polar surface area (TPSA) is 95.4 Å². The zero-order valence-corrected chi connectivity index (χ0v) is 14.8. The summed E-state index contributed by atoms with van der Waals surface area (Å²) in [5.74, 6) is -0.923. The van der Waals surface area contributed by atoms with Crippen molar-refractivity contribution in [3.8, 4) is 5.88 Å². The molecule has 3 rings (SSSR count). The van der Waals surface area contributed by atoms with E-state index in [2.05, 4.69) is 20.9 Å². The van der Waals surface area contributed by atoms with Crippen LogP contribution in [-0.4, -0.2) is 33.9 Å². The van der Waals surface area contributed by atoms with Crippen molar-refractivity contribution in [3.63, 3.8) is 0 Å². The molecule has 23 heavy (non-hydrogen) atoms. The molecule has 1 aliphatic heterocycles. The minimum Gasteiger partial charge on any atom is -0.493 e. The van der Waals surface area contributed by atoms with E-state index in [1.54, 1.807) is 0 Å². The summed E-state index contributed by atoms with van der Waals surface area (Å²) in [7, 11) is -3.72. The van der Waals surface area contributed by atoms with Gasteiger partial charge in [-0.05, 0) is 36.6 Å². The van der Waals surface area contributed by atoms with Crippen LogP contribution in [0.4, 0.5) is 0 Å². The van der Waals surface area contributed by atoms with Gasteiger partial charge in [0.25, 0.3) is 0 Å². The largest absolute Gasteiger partial charge is 0.493 e. The molecule has 1 aliphatic rings. The fourth-order valence-corrected chi connectivity index (χ4v) is 4.52. The molecular formula is C14H16BrN3O4S. The van der Waals surface area contributed by atoms with Gasteiger partial charge in [-0.25, -0.2) is 17.8 Å². The van der Waals surface area contributed by atoms with Crippen molar-refractivity contribution < 1.29 is 13.5 Å². The lowest BCUT2D eigenvalue weighted by atomic mass is 10.0. The molecule has 0 atom stereocenters. The van der Waals surface area contributed by atoms with Gasteiger partial charge in [-0.3, -0.25) is 0 Å². The number of H-pyrrole nitrogens is 1. The number of benzene rings is 1. The summed E-state index contributed by atoms with van der Waals surface area (Å²) in [6.45, 7) is 2.13. The van der Waals surface area contributed by atoms with E-state index in [1.165, 1.54) is 11.2 Å². The van der Waals surface area contributed by atoms with E-state index in [9.17, 15) is 18.3 Å². The van der Waals surface area contributed by atoms with Gasteiger partial charge < -0.3 is 10.1 Å². The predicted octanol–water partition coefficient (Wildman–Crippen LogP) is 1.30. The highest BCUT2D eigenvalue weighted by Gasteiger charge is 2.28. The van der Waals surface area contributed by atoms with Gasteiger partial charge >= 0.3 is 5.69 Å². The average Bonchev–Trinajstić information content (AvgIpc) is 2.73. The summed E-state index contributed by atoms with van der Waals surface area (Å²) in [5, 5.41) is 9.81. The van der Waals surface area contributed by atoms with Crippen molar-refractivity contribution in [1.29, 1.82) is 0 Å². The number of halogens is 1. The van der Waals surface area contributed by atoms with Gasteiger partial charge in [0.05, 0.1) is 5.69 Å². The Morgan fingerprint density at radius 3 is 2.74 bits per heavy atom. The minimum absolute atomic E-state index is 0.249. The zero-order valence-electron chi connectivity index (χ0n) is 12.4. The lowest BCUT2D eigenvalue weighted by Gasteiger charge is -2.28. The second-order valence-electron chi connectivity index (χ2n) is 5.54. The van der Waals surface area contributed by atoms with Crippen LogP contribution in [0.2, 0.25) is 0 Å². The molecule has 2 aromatic rings. The number of aromatic nitrogens is 2. The third-order valence-electron chi connectivity index (χ3n) is 3.96. The number of hydrogen-bond acceptors (Lipinski definition) is 4. The van der Waals surface area contributed by atoms with Crippen molar-refractivity contribution in [2.45, 2.75) is 25.8 Å². The van der Waals surface area contributed by atoms with Gasteiger partial charge in [-0.1, -0.05) is 22.0 Å². The van der Waals surface area contributed by atoms with E-state index in [4.69, 9.17) is 0 Å². The smallest absolute Gasteiger partial charge is 0.329 e. The second kappa shape index (κ2) is 5.81. The Morgan fingerprint density at radius 2 is 2.09 bits per heavy atom. The standard InChI is InChI=1S/C14H16BrN3O4S/c1-9-13(19)18(14(20)16-9)8-23(21,22)17-5-4-10-6-12(15)3-2-11(10)7-17/h2-3,6,19H,4-5,7-8H2,1H3,(H,16,20). The quantitative estimate of drug-likeness (QED) is 0.809. The van der Waals surface area contributed by atoms with Crippen LogP contribution in [-0.2, 0) is 28.9 Å². The van der Waals surface area contributed by atoms with Crippen molar-refractivity contribution in [3.05, 3.63) is 50.0 Å². The summed E-state index contributed by atoms with van der Waals surface area (Å²) < 4.78 is 28.3. The molecule has 7 nitrogen and oxygen atoms in total. The zero-order chi connectivity index (χ0) is 16.8. The molecule has 124 valence electrons. The van der Waals surface area contributed by atoms with Gasteiger partial charge in [-0.15, -0.1) is 0 Å². The molecule has 0 amide bonds. The second-order valence-corrected chi connectivity index (χ2v) is 8.40. The Kier molecular flexibility index (Phi) is 4.11. The van der Waals surface area contributed by atoms with E-state index < -0.39 is 21.6 Å². The van der Waals surface area contributed by atoms with Crippen molar-refractivity contribution in [2.75, 3.05) is 6.54 Å². The Labute approximate surface area is 141 Å². The van der Waals surface area contributed by atoms with Crippen LogP contribution in [0, 0.1) is 6.92 Å². The number of imidazole rings is 1. The highest BCUT2D eigenvalue weighted by atomic mass is 79.9. The number of nitrogens with one attached hydrogen (secondary N) is 1. The summed E-state index contributed by atoms with van der Waals surface area (Å²) in [6.07, 6.45) is 0.612. The van der Waals surface area contributed by atoms with Gasteiger partial charge in [-0.2, -0.15) is 4.31 Å². The number of sulfonamides is 1. The molecule has 2 N–H and O–H groups in total. The Hall–Kier alpha value is -1.58. The van der Waals surface area contributed by atoms with Crippen molar-refractivity contribution in [2.24, 2.45) is 0 Å². The fraction of sp³-hybridized carbons (Fsp3) is 0.357. The number of hydrogen-bond donors (Lipinski definition) is 2. The molecule has 0 saturated carbocycles. The molecule has 0 bridgehead atoms. The van der Waals surface area contributed by atoms with E-state index in [0.29, 0.717) is 13.0 Å². The molecule has 0 radical (unpaired) electrons. The first-order valence-corrected chi connectivity index (χ1v) is 9.41. The average molecular weight is 402 g/mol. The molecular weight excluding hydrogens is 386 g/mol. The first kappa shape index (κ1) is 16.3. The molecule has 2 heterocycles. The molecule has 0 spiro atoms. The third kappa shape index (κ3) is 3.08. The van der Waals surface area contributed by atoms with Crippen molar-refractivity contribution in [1.82, 2.24) is 13.9 Å². The van der Waals surface area contributed by atoms with Crippen LogP contribution in [0.15, 0.2) is 27.5 Å². The SMILES string of the molecule is Cc1[nH]c(=O)n(CS(=O)(=O)N2CCc3cc(Br)ccc3C2)c1O. The highest BCUT2D eigenvalue weighted by Crippen LogP contribution is 2.25. The number of fused-ring (bicyclic) bond motifs is 1. The van der Waals surface area contributed by atoms with Crippen LogP contribution in [0.5, 0.6) is 5.88 Å². The first-order chi connectivity index (χ1) is 10.8. The molecule has 0 fully saturated rings. The summed E-state index contributed by atoms with van der Waals surface area (Å²) >= 11 is 3.41. The molecule has 1 aromatic carbocycles. The Morgan fingerprint density at radius 1 is 1.35 bits per heavy atom. The maximum absolute atomic E-state index is 12.6. The monoisotopic (exact) mass is 401 g/mol. The van der Waals surface area contributed by atoms with E-state index in [0.717, 1.165) is 20.2 Å². The first-order valence-electron chi connectivity index (χ1n) is 7.01. The summed E-state index contributed by atoms with van der Waals surface area (Å²) in [4.78, 5) is 14.1. The van der Waals surface area contributed by atoms with Gasteiger partial charge in [0.1, 0.15) is 5.88 Å². The number of nitrogens with zero attached hydrogens (tertiary/aromatic N) is 2. The number of aromatic amines is 1. The number of aryl methyl sites for hydroxylation is 1. The number of aromatic hydroxyl groups is 1. The van der Waals surface area contributed by atoms with Crippen LogP contribution in [0.3, 0.4) is 0 Å². The highest BCUT2D eigenvalue weighted by molar-refractivity contribution is 9.10. The van der Waals surface area contributed by atoms with E-state index in [1.807, 2.05) is 18.2 Å².